The first-order chi connectivity index (χ1) is 20.8. The van der Waals surface area contributed by atoms with Gasteiger partial charge in [-0.25, -0.2) is 9.37 Å². The van der Waals surface area contributed by atoms with Gasteiger partial charge in [0.15, 0.2) is 17.3 Å². The summed E-state index contributed by atoms with van der Waals surface area (Å²) in [5.41, 5.74) is -3.62. The maximum absolute atomic E-state index is 14.8. The van der Waals surface area contributed by atoms with E-state index in [9.17, 15) is 32.6 Å². The Morgan fingerprint density at radius 3 is 2.45 bits per heavy atom. The molecule has 3 aromatic rings. The molecule has 0 spiro atoms. The van der Waals surface area contributed by atoms with E-state index in [1.807, 2.05) is 6.92 Å². The summed E-state index contributed by atoms with van der Waals surface area (Å²) < 4.78 is 74.9. The van der Waals surface area contributed by atoms with Crippen molar-refractivity contribution in [1.29, 1.82) is 0 Å². The molecule has 11 heteroatoms. The number of rotatable bonds is 11. The van der Waals surface area contributed by atoms with Gasteiger partial charge < -0.3 is 24.4 Å². The second-order valence-corrected chi connectivity index (χ2v) is 11.8. The molecule has 1 aliphatic carbocycles. The lowest BCUT2D eigenvalue weighted by Crippen LogP contribution is -2.44. The van der Waals surface area contributed by atoms with E-state index in [0.29, 0.717) is 29.9 Å². The number of nitrogens with zero attached hydrogens (tertiary/aromatic N) is 1. The van der Waals surface area contributed by atoms with Gasteiger partial charge in [0.2, 0.25) is 5.60 Å². The molecule has 1 aliphatic heterocycles. The Morgan fingerprint density at radius 2 is 1.84 bits per heavy atom. The van der Waals surface area contributed by atoms with Crippen LogP contribution in [-0.2, 0) is 11.0 Å². The summed E-state index contributed by atoms with van der Waals surface area (Å²) >= 11 is 0. The number of halogens is 4. The largest absolute Gasteiger partial charge is 0.493 e. The third-order valence-corrected chi connectivity index (χ3v) is 8.62. The first-order valence-corrected chi connectivity index (χ1v) is 14.5. The van der Waals surface area contributed by atoms with Gasteiger partial charge in [0, 0.05) is 28.5 Å². The number of pyridine rings is 1. The van der Waals surface area contributed by atoms with E-state index < -0.39 is 53.4 Å². The fourth-order valence-corrected chi connectivity index (χ4v) is 5.79. The quantitative estimate of drug-likeness (QED) is 0.187. The molecule has 236 valence electrons. The molecule has 2 aromatic carbocycles. The van der Waals surface area contributed by atoms with E-state index in [1.165, 1.54) is 62.6 Å². The van der Waals surface area contributed by atoms with Crippen LogP contribution in [0.2, 0.25) is 0 Å². The fourth-order valence-electron chi connectivity index (χ4n) is 5.79. The molecule has 2 unspecified atom stereocenters. The number of fused-ring (bicyclic) bond motifs is 1. The van der Waals surface area contributed by atoms with Crippen molar-refractivity contribution in [3.05, 3.63) is 71.2 Å². The summed E-state index contributed by atoms with van der Waals surface area (Å²) in [6.07, 6.45) is -5.17. The number of aliphatic hydroxyl groups is 2. The maximum atomic E-state index is 14.8. The molecule has 0 bridgehead atoms. The summed E-state index contributed by atoms with van der Waals surface area (Å²) in [6, 6.07) is 10.6. The Bertz CT molecular complexity index is 1520. The molecule has 2 N–H and O–H groups in total. The highest BCUT2D eigenvalue weighted by Crippen LogP contribution is 2.56. The zero-order valence-corrected chi connectivity index (χ0v) is 24.7. The second kappa shape index (κ2) is 12.0. The molecule has 2 heterocycles. The van der Waals surface area contributed by atoms with Gasteiger partial charge >= 0.3 is 6.18 Å². The smallest absolute Gasteiger partial charge is 0.422 e. The van der Waals surface area contributed by atoms with Crippen LogP contribution in [0.5, 0.6) is 17.2 Å². The van der Waals surface area contributed by atoms with Crippen molar-refractivity contribution in [3.8, 4) is 28.5 Å². The lowest BCUT2D eigenvalue weighted by atomic mass is 9.72. The average Bonchev–Trinajstić information content (AvgIpc) is 3.85. The number of carbonyl (C=O) groups is 1. The SMILES string of the molecule is COc1cc(C(=O)CCC(O)(c2cc3c(c(-c4ccc(F)cc4)n2)OCCC3(C)C2CC2)C(F)(F)F)ccc1OC[C@@H](C)O. The van der Waals surface area contributed by atoms with E-state index in [2.05, 4.69) is 4.98 Å². The van der Waals surface area contributed by atoms with Crippen LogP contribution in [0.25, 0.3) is 11.3 Å². The first-order valence-electron chi connectivity index (χ1n) is 14.5. The Kier molecular flexibility index (Phi) is 8.65. The standard InChI is InChI=1S/C33H35F4NO6/c1-19(39)18-44-26-11-6-21(16-27(26)42-3)25(40)12-13-32(41,33(35,36)37)28-17-24-30(43-15-14-31(24,2)22-7-8-22)29(38-28)20-4-9-23(34)10-5-20/h4-6,9-11,16-17,19,22,39,41H,7-8,12-15,18H2,1-3H3/t19-,31?,32?/m1/s1. The van der Waals surface area contributed by atoms with Crippen LogP contribution < -0.4 is 14.2 Å². The molecule has 3 atom stereocenters. The number of hydrogen-bond acceptors (Lipinski definition) is 7. The molecule has 7 nitrogen and oxygen atoms in total. The summed E-state index contributed by atoms with van der Waals surface area (Å²) in [6.45, 7) is 3.84. The highest BCUT2D eigenvalue weighted by atomic mass is 19.4. The lowest BCUT2D eigenvalue weighted by molar-refractivity contribution is -0.270. The maximum Gasteiger partial charge on any atom is 0.422 e. The first kappa shape index (κ1) is 31.7. The number of aromatic nitrogens is 1. The van der Waals surface area contributed by atoms with Crippen LogP contribution in [0.4, 0.5) is 17.6 Å². The van der Waals surface area contributed by atoms with Crippen molar-refractivity contribution in [2.24, 2.45) is 5.92 Å². The van der Waals surface area contributed by atoms with Crippen LogP contribution in [-0.4, -0.2) is 53.6 Å². The van der Waals surface area contributed by atoms with E-state index in [-0.39, 0.29) is 35.3 Å². The van der Waals surface area contributed by atoms with Gasteiger partial charge in [-0.05, 0) is 87.1 Å². The third kappa shape index (κ3) is 6.12. The molecule has 2 aliphatic rings. The molecule has 0 saturated heterocycles. The third-order valence-electron chi connectivity index (χ3n) is 8.62. The summed E-state index contributed by atoms with van der Waals surface area (Å²) in [4.78, 5) is 17.5. The molecular formula is C33H35F4NO6. The van der Waals surface area contributed by atoms with E-state index >= 15 is 0 Å². The minimum Gasteiger partial charge on any atom is -0.493 e. The Morgan fingerprint density at radius 1 is 1.14 bits per heavy atom. The van der Waals surface area contributed by atoms with Crippen LogP contribution in [0.15, 0.2) is 48.5 Å². The number of alkyl halides is 3. The topological polar surface area (TPSA) is 98.1 Å². The van der Waals surface area contributed by atoms with Crippen LogP contribution >= 0.6 is 0 Å². The molecule has 1 saturated carbocycles. The molecule has 5 rings (SSSR count). The molecule has 1 fully saturated rings. The van der Waals surface area contributed by atoms with E-state index in [1.54, 1.807) is 0 Å². The van der Waals surface area contributed by atoms with E-state index in [4.69, 9.17) is 14.2 Å². The van der Waals surface area contributed by atoms with Gasteiger partial charge in [-0.3, -0.25) is 4.79 Å². The summed E-state index contributed by atoms with van der Waals surface area (Å²) in [7, 11) is 1.35. The Labute approximate surface area is 252 Å². The van der Waals surface area contributed by atoms with Crippen LogP contribution in [0, 0.1) is 11.7 Å². The summed E-state index contributed by atoms with van der Waals surface area (Å²) in [5, 5.41) is 20.9. The normalized spacial score (nSPS) is 20.2. The van der Waals surface area contributed by atoms with Crippen LogP contribution in [0.1, 0.15) is 67.6 Å². The van der Waals surface area contributed by atoms with Gasteiger partial charge in [-0.2, -0.15) is 13.2 Å². The van der Waals surface area contributed by atoms with Gasteiger partial charge in [-0.1, -0.05) is 6.92 Å². The van der Waals surface area contributed by atoms with Crippen molar-refractivity contribution in [1.82, 2.24) is 4.98 Å². The predicted molar refractivity (Wildman–Crippen MR) is 154 cm³/mol. The number of carbonyl (C=O) groups excluding carboxylic acids is 1. The zero-order valence-electron chi connectivity index (χ0n) is 24.7. The van der Waals surface area contributed by atoms with Crippen molar-refractivity contribution in [2.75, 3.05) is 20.3 Å². The van der Waals surface area contributed by atoms with Gasteiger partial charge in [-0.15, -0.1) is 0 Å². The minimum absolute atomic E-state index is 0.0270. The number of ether oxygens (including phenoxy) is 3. The molecular weight excluding hydrogens is 582 g/mol. The van der Waals surface area contributed by atoms with Crippen LogP contribution in [0.3, 0.4) is 0 Å². The highest BCUT2D eigenvalue weighted by molar-refractivity contribution is 5.96. The molecule has 0 radical (unpaired) electrons. The summed E-state index contributed by atoms with van der Waals surface area (Å²) in [5.74, 6) is -0.189. The lowest BCUT2D eigenvalue weighted by Gasteiger charge is -2.39. The number of Topliss-reactive ketones (excluding diaryl/α,β-unsaturated/α-hetero) is 1. The zero-order chi connectivity index (χ0) is 31.9. The van der Waals surface area contributed by atoms with Crippen molar-refractivity contribution < 1.29 is 46.8 Å². The second-order valence-electron chi connectivity index (χ2n) is 11.8. The Hall–Kier alpha value is -3.70. The Balaban J connectivity index is 1.52. The number of hydrogen-bond donors (Lipinski definition) is 2. The van der Waals surface area contributed by atoms with Crippen molar-refractivity contribution in [2.45, 2.75) is 69.2 Å². The molecule has 1 aromatic heterocycles. The molecule has 44 heavy (non-hydrogen) atoms. The number of ketones is 1. The monoisotopic (exact) mass is 617 g/mol. The van der Waals surface area contributed by atoms with Gasteiger partial charge in [0.25, 0.3) is 0 Å². The van der Waals surface area contributed by atoms with Crippen molar-refractivity contribution >= 4 is 5.78 Å². The minimum atomic E-state index is -5.18. The number of benzene rings is 2. The molecule has 0 amide bonds. The number of methoxy groups -OCH3 is 1. The van der Waals surface area contributed by atoms with Crippen molar-refractivity contribution in [3.63, 3.8) is 0 Å². The fraction of sp³-hybridized carbons (Fsp3) is 0.455. The van der Waals surface area contributed by atoms with Gasteiger partial charge in [0.05, 0.1) is 25.5 Å². The van der Waals surface area contributed by atoms with E-state index in [0.717, 1.165) is 12.8 Å². The number of aliphatic hydroxyl groups excluding tert-OH is 1. The average molecular weight is 618 g/mol. The predicted octanol–water partition coefficient (Wildman–Crippen LogP) is 6.52. The highest BCUT2D eigenvalue weighted by Gasteiger charge is 2.57. The van der Waals surface area contributed by atoms with Gasteiger partial charge in [0.1, 0.15) is 23.9 Å².